The lowest BCUT2D eigenvalue weighted by molar-refractivity contribution is 0.102. The minimum absolute atomic E-state index is 0.158. The number of nitrogens with zero attached hydrogens (tertiary/aromatic N) is 4. The van der Waals surface area contributed by atoms with Crippen LogP contribution in [0.3, 0.4) is 0 Å². The number of methoxy groups -OCH3 is 1. The monoisotopic (exact) mass is 409 g/mol. The molecule has 0 radical (unpaired) electrons. The number of hydrogen-bond acceptors (Lipinski definition) is 5. The van der Waals surface area contributed by atoms with Crippen molar-refractivity contribution < 1.29 is 9.53 Å². The number of anilines is 1. The number of rotatable bonds is 5. The third-order valence-electron chi connectivity index (χ3n) is 5.14. The van der Waals surface area contributed by atoms with E-state index in [9.17, 15) is 4.79 Å². The molecule has 0 unspecified atom stereocenters. The quantitative estimate of drug-likeness (QED) is 0.468. The van der Waals surface area contributed by atoms with Gasteiger partial charge in [-0.3, -0.25) is 10.1 Å². The molecule has 2 aromatic heterocycles. The highest BCUT2D eigenvalue weighted by Crippen LogP contribution is 2.27. The Morgan fingerprint density at radius 2 is 1.68 bits per heavy atom. The van der Waals surface area contributed by atoms with Gasteiger partial charge in [-0.05, 0) is 35.9 Å². The van der Waals surface area contributed by atoms with Gasteiger partial charge in [0, 0.05) is 17.5 Å². The Hall–Kier alpha value is -4.26. The molecule has 0 saturated heterocycles. The summed E-state index contributed by atoms with van der Waals surface area (Å²) >= 11 is 0. The van der Waals surface area contributed by atoms with Crippen LogP contribution in [0.2, 0.25) is 0 Å². The maximum atomic E-state index is 12.6. The Bertz CT molecular complexity index is 1380. The number of carbonyl (C=O) groups is 1. The molecule has 0 fully saturated rings. The van der Waals surface area contributed by atoms with Crippen LogP contribution in [0.25, 0.3) is 22.1 Å². The zero-order valence-electron chi connectivity index (χ0n) is 16.8. The Balaban J connectivity index is 1.54. The minimum atomic E-state index is -0.311. The van der Waals surface area contributed by atoms with E-state index in [1.807, 2.05) is 42.5 Å². The summed E-state index contributed by atoms with van der Waals surface area (Å²) in [5.41, 5.74) is 4.02. The van der Waals surface area contributed by atoms with E-state index < -0.39 is 0 Å². The molecule has 0 aliphatic rings. The Morgan fingerprint density at radius 1 is 0.935 bits per heavy atom. The summed E-state index contributed by atoms with van der Waals surface area (Å²) in [5, 5.41) is 12.2. The van der Waals surface area contributed by atoms with Crippen LogP contribution in [-0.2, 0) is 6.54 Å². The highest BCUT2D eigenvalue weighted by atomic mass is 16.5. The van der Waals surface area contributed by atoms with E-state index in [0.29, 0.717) is 29.0 Å². The molecular formula is C24H19N5O2. The summed E-state index contributed by atoms with van der Waals surface area (Å²) < 4.78 is 7.23. The molecule has 7 nitrogen and oxygen atoms in total. The number of hydrogen-bond donors (Lipinski definition) is 1. The molecule has 31 heavy (non-hydrogen) atoms. The highest BCUT2D eigenvalue weighted by molar-refractivity contribution is 6.06. The van der Waals surface area contributed by atoms with Crippen LogP contribution in [0.1, 0.15) is 15.9 Å². The molecule has 0 spiro atoms. The molecule has 2 heterocycles. The number of carbonyl (C=O) groups excluding carboxylic acids is 1. The van der Waals surface area contributed by atoms with Crippen molar-refractivity contribution in [2.45, 2.75) is 6.54 Å². The molecular weight excluding hydrogens is 390 g/mol. The summed E-state index contributed by atoms with van der Waals surface area (Å²) in [7, 11) is 1.58. The van der Waals surface area contributed by atoms with Gasteiger partial charge in [-0.15, -0.1) is 10.2 Å². The lowest BCUT2D eigenvalue weighted by atomic mass is 10.2. The first-order chi connectivity index (χ1) is 15.2. The van der Waals surface area contributed by atoms with Crippen LogP contribution in [0, 0.1) is 0 Å². The largest absolute Gasteiger partial charge is 0.497 e. The number of ether oxygens (including phenoxy) is 1. The van der Waals surface area contributed by atoms with Gasteiger partial charge in [-0.25, -0.2) is 0 Å². The maximum Gasteiger partial charge on any atom is 0.258 e. The van der Waals surface area contributed by atoms with E-state index in [2.05, 4.69) is 37.2 Å². The standard InChI is InChI=1S/C24H19N5O2/c1-31-18-13-11-17(12-14-18)23(30)26-24-25-22-21(27-28-24)19-9-5-6-10-20(19)29(22)15-16-7-3-2-4-8-16/h2-14H,15H2,1H3,(H,25,26,28,30). The van der Waals surface area contributed by atoms with E-state index >= 15 is 0 Å². The van der Waals surface area contributed by atoms with Crippen molar-refractivity contribution in [2.75, 3.05) is 12.4 Å². The lowest BCUT2D eigenvalue weighted by Gasteiger charge is -2.08. The predicted molar refractivity (Wildman–Crippen MR) is 119 cm³/mol. The minimum Gasteiger partial charge on any atom is -0.497 e. The van der Waals surface area contributed by atoms with Gasteiger partial charge in [0.25, 0.3) is 11.9 Å². The molecule has 0 bridgehead atoms. The van der Waals surface area contributed by atoms with Crippen LogP contribution in [0.4, 0.5) is 5.95 Å². The summed E-state index contributed by atoms with van der Waals surface area (Å²) in [6.07, 6.45) is 0. The topological polar surface area (TPSA) is 81.9 Å². The third kappa shape index (κ3) is 3.57. The molecule has 5 rings (SSSR count). The molecule has 0 aliphatic heterocycles. The SMILES string of the molecule is COc1ccc(C(=O)Nc2nnc3c4ccccc4n(Cc4ccccc4)c3n2)cc1. The van der Waals surface area contributed by atoms with Crippen molar-refractivity contribution in [1.82, 2.24) is 19.7 Å². The van der Waals surface area contributed by atoms with Gasteiger partial charge in [0.05, 0.1) is 12.6 Å². The fraction of sp³-hybridized carbons (Fsp3) is 0.0833. The molecule has 1 amide bonds. The maximum absolute atomic E-state index is 12.6. The number of amides is 1. The molecule has 7 heteroatoms. The first-order valence-electron chi connectivity index (χ1n) is 9.84. The number of aromatic nitrogens is 4. The molecule has 5 aromatic rings. The fourth-order valence-electron chi connectivity index (χ4n) is 3.60. The number of benzene rings is 3. The van der Waals surface area contributed by atoms with Crippen molar-refractivity contribution in [3.05, 3.63) is 90.0 Å². The first-order valence-corrected chi connectivity index (χ1v) is 9.84. The van der Waals surface area contributed by atoms with Gasteiger partial charge in [0.1, 0.15) is 11.3 Å². The normalized spacial score (nSPS) is 11.0. The van der Waals surface area contributed by atoms with Gasteiger partial charge in [-0.1, -0.05) is 48.5 Å². The van der Waals surface area contributed by atoms with Crippen molar-refractivity contribution in [3.63, 3.8) is 0 Å². The van der Waals surface area contributed by atoms with Gasteiger partial charge in [0.15, 0.2) is 5.65 Å². The van der Waals surface area contributed by atoms with Crippen molar-refractivity contribution in [1.29, 1.82) is 0 Å². The predicted octanol–water partition coefficient (Wildman–Crippen LogP) is 4.29. The van der Waals surface area contributed by atoms with Crippen LogP contribution < -0.4 is 10.1 Å². The van der Waals surface area contributed by atoms with Crippen LogP contribution >= 0.6 is 0 Å². The van der Waals surface area contributed by atoms with E-state index in [-0.39, 0.29) is 11.9 Å². The van der Waals surface area contributed by atoms with E-state index in [4.69, 9.17) is 4.74 Å². The molecule has 0 atom stereocenters. The molecule has 152 valence electrons. The first kappa shape index (κ1) is 18.7. The zero-order valence-corrected chi connectivity index (χ0v) is 16.8. The van der Waals surface area contributed by atoms with E-state index in [0.717, 1.165) is 16.5 Å². The summed E-state index contributed by atoms with van der Waals surface area (Å²) in [5.74, 6) is 0.529. The van der Waals surface area contributed by atoms with Crippen LogP contribution in [0.15, 0.2) is 78.9 Å². The highest BCUT2D eigenvalue weighted by Gasteiger charge is 2.16. The molecule has 0 saturated carbocycles. The zero-order chi connectivity index (χ0) is 21.2. The van der Waals surface area contributed by atoms with Gasteiger partial charge in [0.2, 0.25) is 0 Å². The molecule has 3 aromatic carbocycles. The lowest BCUT2D eigenvalue weighted by Crippen LogP contribution is -2.15. The molecule has 1 N–H and O–H groups in total. The second-order valence-corrected chi connectivity index (χ2v) is 7.08. The summed E-state index contributed by atoms with van der Waals surface area (Å²) in [6, 6.07) is 25.0. The van der Waals surface area contributed by atoms with E-state index in [1.54, 1.807) is 31.4 Å². The average Bonchev–Trinajstić information content (AvgIpc) is 3.13. The Labute approximate surface area is 178 Å². The Morgan fingerprint density at radius 3 is 2.45 bits per heavy atom. The van der Waals surface area contributed by atoms with Crippen LogP contribution in [0.5, 0.6) is 5.75 Å². The summed E-state index contributed by atoms with van der Waals surface area (Å²) in [6.45, 7) is 0.634. The van der Waals surface area contributed by atoms with Crippen molar-refractivity contribution >= 4 is 33.9 Å². The van der Waals surface area contributed by atoms with Gasteiger partial charge >= 0.3 is 0 Å². The average molecular weight is 409 g/mol. The van der Waals surface area contributed by atoms with Crippen molar-refractivity contribution in [3.8, 4) is 5.75 Å². The smallest absolute Gasteiger partial charge is 0.258 e. The van der Waals surface area contributed by atoms with Gasteiger partial charge < -0.3 is 9.30 Å². The van der Waals surface area contributed by atoms with E-state index in [1.165, 1.54) is 0 Å². The Kier molecular flexibility index (Phi) is 4.76. The third-order valence-corrected chi connectivity index (χ3v) is 5.14. The van der Waals surface area contributed by atoms with Gasteiger partial charge in [-0.2, -0.15) is 4.98 Å². The van der Waals surface area contributed by atoms with Crippen molar-refractivity contribution in [2.24, 2.45) is 0 Å². The second kappa shape index (κ2) is 7.87. The number of para-hydroxylation sites is 1. The molecule has 0 aliphatic carbocycles. The van der Waals surface area contributed by atoms with Crippen LogP contribution in [-0.4, -0.2) is 32.8 Å². The second-order valence-electron chi connectivity index (χ2n) is 7.08. The summed E-state index contributed by atoms with van der Waals surface area (Å²) in [4.78, 5) is 17.3. The fourth-order valence-corrected chi connectivity index (χ4v) is 3.60. The number of nitrogens with one attached hydrogen (secondary N) is 1. The number of fused-ring (bicyclic) bond motifs is 3.